The highest BCUT2D eigenvalue weighted by molar-refractivity contribution is 6.35. The van der Waals surface area contributed by atoms with Crippen molar-refractivity contribution in [2.45, 2.75) is 6.92 Å². The molecule has 0 N–H and O–H groups in total. The van der Waals surface area contributed by atoms with Crippen LogP contribution in [0.2, 0.25) is 10.2 Å². The zero-order valence-corrected chi connectivity index (χ0v) is 11.9. The van der Waals surface area contributed by atoms with Gasteiger partial charge in [-0.25, -0.2) is 9.97 Å². The Balaban J connectivity index is 2.30. The molecule has 0 atom stereocenters. The molecule has 3 rings (SSSR count). The van der Waals surface area contributed by atoms with Gasteiger partial charge in [-0.2, -0.15) is 0 Å². The minimum absolute atomic E-state index is 0.106. The van der Waals surface area contributed by atoms with Crippen molar-refractivity contribution in [3.05, 3.63) is 45.8 Å². The summed E-state index contributed by atoms with van der Waals surface area (Å²) in [7, 11) is 0. The van der Waals surface area contributed by atoms with Crippen molar-refractivity contribution in [1.82, 2.24) is 9.97 Å². The molecular weight excluding hydrogens is 299 g/mol. The van der Waals surface area contributed by atoms with E-state index in [0.29, 0.717) is 34.2 Å². The number of aromatic nitrogens is 2. The number of rotatable bonds is 2. The molecule has 0 spiro atoms. The maximum Gasteiger partial charge on any atom is 0.155 e. The molecule has 0 unspecified atom stereocenters. The summed E-state index contributed by atoms with van der Waals surface area (Å²) >= 11 is 12.0. The zero-order valence-electron chi connectivity index (χ0n) is 10.4. The summed E-state index contributed by atoms with van der Waals surface area (Å²) in [4.78, 5) is 19.4. The van der Waals surface area contributed by atoms with Gasteiger partial charge in [0.1, 0.15) is 16.7 Å². The number of fused-ring (bicyclic) bond motifs is 1. The molecule has 0 aliphatic heterocycles. The highest BCUT2D eigenvalue weighted by Gasteiger charge is 2.17. The first-order chi connectivity index (χ1) is 9.60. The second-order valence-electron chi connectivity index (χ2n) is 4.21. The van der Waals surface area contributed by atoms with Crippen LogP contribution in [0.5, 0.6) is 0 Å². The second-order valence-corrected chi connectivity index (χ2v) is 4.98. The van der Waals surface area contributed by atoms with E-state index in [9.17, 15) is 4.79 Å². The van der Waals surface area contributed by atoms with Crippen LogP contribution < -0.4 is 0 Å². The number of aryl methyl sites for hydroxylation is 1. The first-order valence-corrected chi connectivity index (χ1v) is 6.53. The molecule has 0 aliphatic carbocycles. The van der Waals surface area contributed by atoms with Crippen LogP contribution in [-0.4, -0.2) is 16.3 Å². The van der Waals surface area contributed by atoms with Crippen LogP contribution in [0.1, 0.15) is 16.2 Å². The fraction of sp³-hybridized carbons (Fsp3) is 0.0714. The average Bonchev–Trinajstić information content (AvgIpc) is 2.83. The Morgan fingerprint density at radius 2 is 2.05 bits per heavy atom. The SMILES string of the molecule is Cc1nc(Cl)c(C=O)c(-c2cc3cccc(Cl)c3o2)n1. The Morgan fingerprint density at radius 1 is 1.25 bits per heavy atom. The lowest BCUT2D eigenvalue weighted by Gasteiger charge is -2.03. The Bertz CT molecular complexity index is 827. The van der Waals surface area contributed by atoms with Crippen molar-refractivity contribution < 1.29 is 9.21 Å². The molecule has 4 nitrogen and oxygen atoms in total. The van der Waals surface area contributed by atoms with E-state index in [0.717, 1.165) is 5.39 Å². The molecule has 0 amide bonds. The lowest BCUT2D eigenvalue weighted by atomic mass is 10.2. The third-order valence-corrected chi connectivity index (χ3v) is 3.44. The Kier molecular flexibility index (Phi) is 3.20. The summed E-state index contributed by atoms with van der Waals surface area (Å²) in [5.41, 5.74) is 1.12. The second kappa shape index (κ2) is 4.89. The number of benzene rings is 1. The van der Waals surface area contributed by atoms with Crippen molar-refractivity contribution in [3.8, 4) is 11.5 Å². The standard InChI is InChI=1S/C14H8Cl2N2O2/c1-7-17-12(9(6-19)14(16)18-7)11-5-8-3-2-4-10(15)13(8)20-11/h2-6H,1H3. The van der Waals surface area contributed by atoms with Crippen LogP contribution in [-0.2, 0) is 0 Å². The fourth-order valence-electron chi connectivity index (χ4n) is 1.98. The number of carbonyl (C=O) groups is 1. The number of halogens is 2. The molecular formula is C14H8Cl2N2O2. The molecule has 3 aromatic rings. The minimum Gasteiger partial charge on any atom is -0.453 e. The molecule has 0 saturated heterocycles. The van der Waals surface area contributed by atoms with Gasteiger partial charge in [-0.3, -0.25) is 4.79 Å². The third kappa shape index (κ3) is 2.07. The summed E-state index contributed by atoms with van der Waals surface area (Å²) in [6.45, 7) is 1.69. The highest BCUT2D eigenvalue weighted by Crippen LogP contribution is 2.33. The van der Waals surface area contributed by atoms with Crippen molar-refractivity contribution in [1.29, 1.82) is 0 Å². The molecule has 0 saturated carbocycles. The quantitative estimate of drug-likeness (QED) is 0.522. The monoisotopic (exact) mass is 306 g/mol. The molecule has 20 heavy (non-hydrogen) atoms. The number of carbonyl (C=O) groups excluding carboxylic acids is 1. The van der Waals surface area contributed by atoms with Crippen LogP contribution in [0.15, 0.2) is 28.7 Å². The van der Waals surface area contributed by atoms with Crippen LogP contribution in [0.3, 0.4) is 0 Å². The largest absolute Gasteiger partial charge is 0.453 e. The van der Waals surface area contributed by atoms with E-state index in [2.05, 4.69) is 9.97 Å². The number of aldehydes is 1. The lowest BCUT2D eigenvalue weighted by molar-refractivity contribution is 0.112. The number of nitrogens with zero attached hydrogens (tertiary/aromatic N) is 2. The first kappa shape index (κ1) is 13.1. The van der Waals surface area contributed by atoms with Crippen LogP contribution in [0.25, 0.3) is 22.4 Å². The van der Waals surface area contributed by atoms with Gasteiger partial charge in [0, 0.05) is 5.39 Å². The smallest absolute Gasteiger partial charge is 0.155 e. The maximum absolute atomic E-state index is 11.2. The molecule has 0 bridgehead atoms. The van der Waals surface area contributed by atoms with E-state index in [1.54, 1.807) is 19.1 Å². The fourth-order valence-corrected chi connectivity index (χ4v) is 2.46. The Hall–Kier alpha value is -1.91. The van der Waals surface area contributed by atoms with Gasteiger partial charge < -0.3 is 4.42 Å². The summed E-state index contributed by atoms with van der Waals surface area (Å²) in [6, 6.07) is 7.19. The predicted octanol–water partition coefficient (Wildman–Crippen LogP) is 4.32. The van der Waals surface area contributed by atoms with E-state index in [1.165, 1.54) is 0 Å². The topological polar surface area (TPSA) is 56.0 Å². The van der Waals surface area contributed by atoms with Gasteiger partial charge in [0.25, 0.3) is 0 Å². The highest BCUT2D eigenvalue weighted by atomic mass is 35.5. The minimum atomic E-state index is 0.106. The van der Waals surface area contributed by atoms with E-state index >= 15 is 0 Å². The molecule has 1 aromatic carbocycles. The van der Waals surface area contributed by atoms with Crippen LogP contribution in [0.4, 0.5) is 0 Å². The van der Waals surface area contributed by atoms with E-state index in [-0.39, 0.29) is 10.7 Å². The molecule has 0 radical (unpaired) electrons. The molecule has 0 fully saturated rings. The summed E-state index contributed by atoms with van der Waals surface area (Å²) in [5.74, 6) is 0.893. The molecule has 2 heterocycles. The number of hydrogen-bond donors (Lipinski definition) is 0. The van der Waals surface area contributed by atoms with Gasteiger partial charge in [0.15, 0.2) is 17.6 Å². The Morgan fingerprint density at radius 3 is 2.75 bits per heavy atom. The van der Waals surface area contributed by atoms with Gasteiger partial charge in [-0.05, 0) is 19.1 Å². The lowest BCUT2D eigenvalue weighted by Crippen LogP contribution is -1.98. The number of furan rings is 1. The van der Waals surface area contributed by atoms with Crippen LogP contribution in [0, 0.1) is 6.92 Å². The molecule has 100 valence electrons. The summed E-state index contributed by atoms with van der Waals surface area (Å²) < 4.78 is 5.70. The zero-order chi connectivity index (χ0) is 14.3. The van der Waals surface area contributed by atoms with E-state index in [4.69, 9.17) is 27.6 Å². The predicted molar refractivity (Wildman–Crippen MR) is 77.4 cm³/mol. The van der Waals surface area contributed by atoms with Gasteiger partial charge >= 0.3 is 0 Å². The first-order valence-electron chi connectivity index (χ1n) is 5.78. The summed E-state index contributed by atoms with van der Waals surface area (Å²) in [6.07, 6.45) is 0.617. The van der Waals surface area contributed by atoms with E-state index < -0.39 is 0 Å². The van der Waals surface area contributed by atoms with Crippen molar-refractivity contribution >= 4 is 40.5 Å². The van der Waals surface area contributed by atoms with Gasteiger partial charge in [0.2, 0.25) is 0 Å². The molecule has 2 aromatic heterocycles. The van der Waals surface area contributed by atoms with Gasteiger partial charge in [0.05, 0.1) is 10.6 Å². The van der Waals surface area contributed by atoms with Crippen molar-refractivity contribution in [3.63, 3.8) is 0 Å². The van der Waals surface area contributed by atoms with Crippen molar-refractivity contribution in [2.24, 2.45) is 0 Å². The molecule has 0 aliphatic rings. The van der Waals surface area contributed by atoms with Crippen LogP contribution >= 0.6 is 23.2 Å². The van der Waals surface area contributed by atoms with E-state index in [1.807, 2.05) is 12.1 Å². The van der Waals surface area contributed by atoms with Gasteiger partial charge in [-0.15, -0.1) is 0 Å². The number of hydrogen-bond acceptors (Lipinski definition) is 4. The molecule has 6 heteroatoms. The summed E-state index contributed by atoms with van der Waals surface area (Å²) in [5, 5.41) is 1.43. The normalized spacial score (nSPS) is 10.9. The number of para-hydroxylation sites is 1. The Labute approximate surface area is 124 Å². The van der Waals surface area contributed by atoms with Gasteiger partial charge in [-0.1, -0.05) is 35.3 Å². The van der Waals surface area contributed by atoms with Crippen molar-refractivity contribution in [2.75, 3.05) is 0 Å². The maximum atomic E-state index is 11.2. The average molecular weight is 307 g/mol. The third-order valence-electron chi connectivity index (χ3n) is 2.86.